The summed E-state index contributed by atoms with van der Waals surface area (Å²) in [4.78, 5) is 4.30. The molecule has 0 aliphatic carbocycles. The summed E-state index contributed by atoms with van der Waals surface area (Å²) in [7, 11) is 0. The fourth-order valence-electron chi connectivity index (χ4n) is 2.06. The normalized spacial score (nSPS) is 12.4. The number of ether oxygens (including phenoxy) is 3. The Kier molecular flexibility index (Phi) is 4.21. The van der Waals surface area contributed by atoms with Crippen molar-refractivity contribution in [3.8, 4) is 17.4 Å². The van der Waals surface area contributed by atoms with E-state index in [1.54, 1.807) is 0 Å². The third-order valence-electron chi connectivity index (χ3n) is 3.20. The first-order chi connectivity index (χ1) is 10.3. The number of fused-ring (bicyclic) bond motifs is 1. The van der Waals surface area contributed by atoms with Gasteiger partial charge in [0.15, 0.2) is 11.5 Å². The minimum atomic E-state index is 0.286. The summed E-state index contributed by atoms with van der Waals surface area (Å²) < 4.78 is 16.3. The third kappa shape index (κ3) is 3.44. The average Bonchev–Trinajstić information content (AvgIpc) is 2.99. The van der Waals surface area contributed by atoms with E-state index in [1.807, 2.05) is 36.5 Å². The Hall–Kier alpha value is -2.27. The summed E-state index contributed by atoms with van der Waals surface area (Å²) in [5, 5.41) is 3.26. The van der Waals surface area contributed by atoms with Crippen LogP contribution in [-0.2, 0) is 13.2 Å². The number of pyridine rings is 1. The molecule has 0 bridgehead atoms. The van der Waals surface area contributed by atoms with E-state index in [4.69, 9.17) is 14.2 Å². The van der Waals surface area contributed by atoms with Crippen LogP contribution in [0.15, 0.2) is 36.5 Å². The van der Waals surface area contributed by atoms with Crippen molar-refractivity contribution in [3.05, 3.63) is 47.7 Å². The molecule has 0 saturated carbocycles. The maximum atomic E-state index is 5.68. The SMILES string of the molecule is CCNCc1ccc(OCc2ccc3c(c2)OCO3)nc1. The Labute approximate surface area is 123 Å². The van der Waals surface area contributed by atoms with Crippen LogP contribution in [0.1, 0.15) is 18.1 Å². The van der Waals surface area contributed by atoms with E-state index in [1.165, 1.54) is 0 Å². The Bertz CT molecular complexity index is 599. The summed E-state index contributed by atoms with van der Waals surface area (Å²) in [6.07, 6.45) is 1.83. The number of hydrogen-bond donors (Lipinski definition) is 1. The molecule has 110 valence electrons. The molecule has 5 heteroatoms. The standard InChI is InChI=1S/C16H18N2O3/c1-2-17-8-13-4-6-16(18-9-13)19-10-12-3-5-14-15(7-12)21-11-20-14/h3-7,9,17H,2,8,10-11H2,1H3. The van der Waals surface area contributed by atoms with Crippen LogP contribution in [0, 0.1) is 0 Å². The highest BCUT2D eigenvalue weighted by Gasteiger charge is 2.13. The Morgan fingerprint density at radius 3 is 2.81 bits per heavy atom. The third-order valence-corrected chi connectivity index (χ3v) is 3.20. The highest BCUT2D eigenvalue weighted by atomic mass is 16.7. The zero-order valence-corrected chi connectivity index (χ0v) is 12.0. The highest BCUT2D eigenvalue weighted by molar-refractivity contribution is 5.44. The van der Waals surface area contributed by atoms with Crippen molar-refractivity contribution in [2.45, 2.75) is 20.1 Å². The molecule has 5 nitrogen and oxygen atoms in total. The van der Waals surface area contributed by atoms with Gasteiger partial charge in [0.25, 0.3) is 0 Å². The average molecular weight is 286 g/mol. The zero-order chi connectivity index (χ0) is 14.5. The molecule has 2 heterocycles. The van der Waals surface area contributed by atoms with Gasteiger partial charge in [-0.25, -0.2) is 4.98 Å². The number of aromatic nitrogens is 1. The number of nitrogens with one attached hydrogen (secondary N) is 1. The van der Waals surface area contributed by atoms with Gasteiger partial charge >= 0.3 is 0 Å². The molecular weight excluding hydrogens is 268 g/mol. The van der Waals surface area contributed by atoms with Crippen LogP contribution in [0.4, 0.5) is 0 Å². The molecule has 0 atom stereocenters. The monoisotopic (exact) mass is 286 g/mol. The van der Waals surface area contributed by atoms with Gasteiger partial charge in [0.1, 0.15) is 6.61 Å². The Morgan fingerprint density at radius 1 is 1.14 bits per heavy atom. The molecule has 1 aliphatic heterocycles. The topological polar surface area (TPSA) is 52.6 Å². The molecule has 1 aromatic heterocycles. The van der Waals surface area contributed by atoms with Gasteiger partial charge < -0.3 is 19.5 Å². The van der Waals surface area contributed by atoms with E-state index in [-0.39, 0.29) is 6.79 Å². The van der Waals surface area contributed by atoms with Crippen molar-refractivity contribution < 1.29 is 14.2 Å². The molecule has 1 aromatic carbocycles. The minimum absolute atomic E-state index is 0.286. The lowest BCUT2D eigenvalue weighted by atomic mass is 10.2. The van der Waals surface area contributed by atoms with Gasteiger partial charge in [0.05, 0.1) is 0 Å². The fourth-order valence-corrected chi connectivity index (χ4v) is 2.06. The summed E-state index contributed by atoms with van der Waals surface area (Å²) in [5.41, 5.74) is 2.17. The Balaban J connectivity index is 1.57. The van der Waals surface area contributed by atoms with Crippen molar-refractivity contribution in [2.24, 2.45) is 0 Å². The summed E-state index contributed by atoms with van der Waals surface area (Å²) in [5.74, 6) is 2.17. The molecule has 0 spiro atoms. The van der Waals surface area contributed by atoms with Gasteiger partial charge in [-0.2, -0.15) is 0 Å². The van der Waals surface area contributed by atoms with Crippen molar-refractivity contribution in [1.82, 2.24) is 10.3 Å². The van der Waals surface area contributed by atoms with Crippen molar-refractivity contribution in [3.63, 3.8) is 0 Å². The van der Waals surface area contributed by atoms with Crippen molar-refractivity contribution in [1.29, 1.82) is 0 Å². The second kappa shape index (κ2) is 6.45. The van der Waals surface area contributed by atoms with E-state index in [2.05, 4.69) is 17.2 Å². The number of hydrogen-bond acceptors (Lipinski definition) is 5. The largest absolute Gasteiger partial charge is 0.473 e. The van der Waals surface area contributed by atoms with Crippen molar-refractivity contribution in [2.75, 3.05) is 13.3 Å². The van der Waals surface area contributed by atoms with Crippen LogP contribution in [0.2, 0.25) is 0 Å². The number of nitrogens with zero attached hydrogens (tertiary/aromatic N) is 1. The van der Waals surface area contributed by atoms with Crippen molar-refractivity contribution >= 4 is 0 Å². The Morgan fingerprint density at radius 2 is 2.00 bits per heavy atom. The second-order valence-electron chi connectivity index (χ2n) is 4.76. The number of benzene rings is 1. The molecule has 0 amide bonds. The predicted octanol–water partition coefficient (Wildman–Crippen LogP) is 2.50. The molecule has 0 radical (unpaired) electrons. The maximum absolute atomic E-state index is 5.68. The van der Waals surface area contributed by atoms with Gasteiger partial charge in [0.2, 0.25) is 12.7 Å². The molecule has 3 rings (SSSR count). The highest BCUT2D eigenvalue weighted by Crippen LogP contribution is 2.32. The van der Waals surface area contributed by atoms with E-state index in [9.17, 15) is 0 Å². The molecule has 0 unspecified atom stereocenters. The summed E-state index contributed by atoms with van der Waals surface area (Å²) in [6, 6.07) is 9.70. The summed E-state index contributed by atoms with van der Waals surface area (Å²) >= 11 is 0. The smallest absolute Gasteiger partial charge is 0.231 e. The lowest BCUT2D eigenvalue weighted by Gasteiger charge is -2.07. The van der Waals surface area contributed by atoms with Gasteiger partial charge in [-0.05, 0) is 29.8 Å². The molecule has 2 aromatic rings. The van der Waals surface area contributed by atoms with Crippen LogP contribution < -0.4 is 19.5 Å². The van der Waals surface area contributed by atoms with Crippen LogP contribution in [0.5, 0.6) is 17.4 Å². The molecule has 0 saturated heterocycles. The van der Waals surface area contributed by atoms with E-state index in [0.29, 0.717) is 12.5 Å². The van der Waals surface area contributed by atoms with Crippen LogP contribution >= 0.6 is 0 Å². The first-order valence-electron chi connectivity index (χ1n) is 7.02. The van der Waals surface area contributed by atoms with Crippen LogP contribution in [0.3, 0.4) is 0 Å². The molecule has 1 N–H and O–H groups in total. The predicted molar refractivity (Wildman–Crippen MR) is 78.5 cm³/mol. The van der Waals surface area contributed by atoms with Gasteiger partial charge in [-0.3, -0.25) is 0 Å². The molecule has 0 fully saturated rings. The zero-order valence-electron chi connectivity index (χ0n) is 12.0. The quantitative estimate of drug-likeness (QED) is 0.884. The minimum Gasteiger partial charge on any atom is -0.473 e. The first kappa shape index (κ1) is 13.7. The lowest BCUT2D eigenvalue weighted by molar-refractivity contribution is 0.174. The van der Waals surface area contributed by atoms with Gasteiger partial charge in [0, 0.05) is 18.8 Å². The van der Waals surface area contributed by atoms with E-state index in [0.717, 1.165) is 35.7 Å². The second-order valence-corrected chi connectivity index (χ2v) is 4.76. The number of rotatable bonds is 6. The van der Waals surface area contributed by atoms with Gasteiger partial charge in [-0.15, -0.1) is 0 Å². The molecule has 21 heavy (non-hydrogen) atoms. The molecular formula is C16H18N2O3. The van der Waals surface area contributed by atoms with E-state index < -0.39 is 0 Å². The summed E-state index contributed by atoms with van der Waals surface area (Å²) in [6.45, 7) is 4.59. The van der Waals surface area contributed by atoms with E-state index >= 15 is 0 Å². The first-order valence-corrected chi connectivity index (χ1v) is 7.02. The van der Waals surface area contributed by atoms with Crippen LogP contribution in [0.25, 0.3) is 0 Å². The molecule has 1 aliphatic rings. The fraction of sp³-hybridized carbons (Fsp3) is 0.312. The van der Waals surface area contributed by atoms with Crippen LogP contribution in [-0.4, -0.2) is 18.3 Å². The maximum Gasteiger partial charge on any atom is 0.231 e. The lowest BCUT2D eigenvalue weighted by Crippen LogP contribution is -2.11. The van der Waals surface area contributed by atoms with Gasteiger partial charge in [-0.1, -0.05) is 19.1 Å².